The molecule has 8 aromatic rings. The van der Waals surface area contributed by atoms with Gasteiger partial charge >= 0.3 is 24.7 Å². The minimum atomic E-state index is -5.03. The van der Waals surface area contributed by atoms with E-state index >= 15 is 0 Å². The van der Waals surface area contributed by atoms with Crippen LogP contribution in [0.25, 0.3) is 0 Å². The lowest BCUT2D eigenvalue weighted by Crippen LogP contribution is -2.33. The maximum Gasteiger partial charge on any atom is 0.416 e. The highest BCUT2D eigenvalue weighted by Gasteiger charge is 2.45. The number of aliphatic hydroxyl groups excluding tert-OH is 2. The van der Waals surface area contributed by atoms with Gasteiger partial charge in [-0.1, -0.05) is 182 Å². The van der Waals surface area contributed by atoms with Crippen LogP contribution in [-0.2, 0) is 69.8 Å². The zero-order valence-corrected chi connectivity index (χ0v) is 48.4. The molecule has 10 rings (SSSR count). The predicted molar refractivity (Wildman–Crippen MR) is 314 cm³/mol. The summed E-state index contributed by atoms with van der Waals surface area (Å²) in [4.78, 5) is 4.56. The fraction of sp³-hybridized carbons (Fsp3) is 0.314. The van der Waals surface area contributed by atoms with Gasteiger partial charge in [0.1, 0.15) is 12.2 Å². The van der Waals surface area contributed by atoms with Gasteiger partial charge in [-0.25, -0.2) is 0 Å². The van der Waals surface area contributed by atoms with E-state index in [1.54, 1.807) is 0 Å². The molecule has 476 valence electrons. The Hall–Kier alpha value is -7.40. The van der Waals surface area contributed by atoms with Crippen molar-refractivity contribution in [2.75, 3.05) is 39.5 Å². The third-order valence-electron chi connectivity index (χ3n) is 15.8. The summed E-state index contributed by atoms with van der Waals surface area (Å²) in [6.45, 7) is 2.47. The summed E-state index contributed by atoms with van der Waals surface area (Å²) in [7, 11) is 0. The van der Waals surface area contributed by atoms with Crippen molar-refractivity contribution in [2.24, 2.45) is 11.8 Å². The van der Waals surface area contributed by atoms with Crippen molar-refractivity contribution >= 4 is 0 Å². The van der Waals surface area contributed by atoms with Crippen molar-refractivity contribution in [1.29, 1.82) is 0 Å². The molecule has 2 aliphatic heterocycles. The van der Waals surface area contributed by atoms with Crippen LogP contribution < -0.4 is 0 Å². The minimum absolute atomic E-state index is 0.0564. The first-order valence-corrected chi connectivity index (χ1v) is 29.1. The second-order valence-corrected chi connectivity index (χ2v) is 22.4. The van der Waals surface area contributed by atoms with Crippen LogP contribution in [-0.4, -0.2) is 72.1 Å². The number of hydrogen-bond donors (Lipinski definition) is 2. The molecule has 0 radical (unpaired) electrons. The monoisotopic (exact) mass is 1260 g/mol. The molecule has 0 spiro atoms. The molecule has 8 atom stereocenters. The van der Waals surface area contributed by atoms with Crippen LogP contribution in [0.3, 0.4) is 0 Å². The Kier molecular flexibility index (Phi) is 22.4. The highest BCUT2D eigenvalue weighted by atomic mass is 19.4. The van der Waals surface area contributed by atoms with E-state index in [0.717, 1.165) is 33.4 Å². The molecule has 2 aliphatic rings. The number of halogens is 12. The number of rotatable bonds is 22. The molecular weight excluding hydrogens is 1190 g/mol. The molecule has 90 heavy (non-hydrogen) atoms. The van der Waals surface area contributed by atoms with Gasteiger partial charge in [0.2, 0.25) is 0 Å². The van der Waals surface area contributed by atoms with Gasteiger partial charge in [-0.05, 0) is 80.9 Å². The van der Waals surface area contributed by atoms with Gasteiger partial charge in [0.15, 0.2) is 12.6 Å². The van der Waals surface area contributed by atoms with Crippen LogP contribution in [0.2, 0.25) is 0 Å². The van der Waals surface area contributed by atoms with Crippen LogP contribution in [0.1, 0.15) is 90.8 Å². The smallest absolute Gasteiger partial charge is 0.393 e. The van der Waals surface area contributed by atoms with Gasteiger partial charge in [0, 0.05) is 62.9 Å². The van der Waals surface area contributed by atoms with E-state index in [2.05, 4.69) is 9.80 Å². The Morgan fingerprint density at radius 3 is 0.844 bits per heavy atom. The summed E-state index contributed by atoms with van der Waals surface area (Å²) < 4.78 is 187. The quantitative estimate of drug-likeness (QED) is 0.0650. The SMILES string of the molecule is OC[C@@H](O[C@@H]1OC[C@H](CN(Cc2ccccc2)Cc2ccccc2)[C@H]1c1ccccc1)c1cc(C(F)(F)F)cc(C(F)(F)F)c1.OC[C@H](O[C@@H]1OC[C@H](CN(Cc2ccccc2)Cc2ccccc2)[C@H]1c1ccccc1)c1cc(C(F)(F)F)cc(C(F)(F)F)c1. The Morgan fingerprint density at radius 1 is 0.367 bits per heavy atom. The largest absolute Gasteiger partial charge is 0.416 e. The van der Waals surface area contributed by atoms with E-state index in [9.17, 15) is 62.9 Å². The van der Waals surface area contributed by atoms with Crippen molar-refractivity contribution in [3.05, 3.63) is 285 Å². The standard InChI is InChI=1S/2C35H33F6NO3/c2*36-34(37,38)29-16-27(17-30(18-29)35(39,40)41)31(22-43)45-33-32(26-14-8-3-9-15-26)28(23-44-33)21-42(19-24-10-4-1-5-11-24)20-25-12-6-2-7-13-25/h2*1-18,28,31-33,43H,19-23H2/t28-,31+,32+,33-;28-,31-,32+,33-/m00/s1. The van der Waals surface area contributed by atoms with E-state index in [-0.39, 0.29) is 37.2 Å². The van der Waals surface area contributed by atoms with Crippen molar-refractivity contribution in [3.63, 3.8) is 0 Å². The summed E-state index contributed by atoms with van der Waals surface area (Å²) in [5.74, 6) is -1.11. The maximum atomic E-state index is 13.6. The number of aliphatic hydroxyl groups is 2. The molecule has 8 nitrogen and oxygen atoms in total. The average Bonchev–Trinajstić information content (AvgIpc) is 1.54. The second kappa shape index (κ2) is 30.1. The Bertz CT molecular complexity index is 3080. The van der Waals surface area contributed by atoms with Gasteiger partial charge in [-0.15, -0.1) is 0 Å². The highest BCUT2D eigenvalue weighted by Crippen LogP contribution is 2.45. The van der Waals surface area contributed by atoms with Gasteiger partial charge < -0.3 is 29.2 Å². The third-order valence-corrected chi connectivity index (χ3v) is 15.8. The molecule has 0 aliphatic carbocycles. The lowest BCUT2D eigenvalue weighted by molar-refractivity contribution is -0.163. The van der Waals surface area contributed by atoms with E-state index in [0.29, 0.717) is 63.5 Å². The number of hydrogen-bond acceptors (Lipinski definition) is 8. The van der Waals surface area contributed by atoms with Crippen molar-refractivity contribution < 1.29 is 81.8 Å². The van der Waals surface area contributed by atoms with Crippen LogP contribution in [0.15, 0.2) is 218 Å². The Labute approximate surface area is 513 Å². The molecule has 0 bridgehead atoms. The normalized spacial score (nSPS) is 19.6. The first kappa shape index (κ1) is 67.0. The molecule has 0 unspecified atom stereocenters. The molecule has 2 fully saturated rings. The summed E-state index contributed by atoms with van der Waals surface area (Å²) in [6.07, 6.45) is -25.2. The van der Waals surface area contributed by atoms with E-state index in [1.165, 1.54) is 0 Å². The summed E-state index contributed by atoms with van der Waals surface area (Å²) >= 11 is 0. The molecule has 2 saturated heterocycles. The minimum Gasteiger partial charge on any atom is -0.393 e. The van der Waals surface area contributed by atoms with Crippen molar-refractivity contribution in [3.8, 4) is 0 Å². The number of nitrogens with zero attached hydrogens (tertiary/aromatic N) is 2. The molecular formula is C70H66F12N2O6. The number of benzene rings is 8. The topological polar surface area (TPSA) is 83.9 Å². The van der Waals surface area contributed by atoms with E-state index < -0.39 is 108 Å². The maximum absolute atomic E-state index is 13.6. The van der Waals surface area contributed by atoms with Gasteiger partial charge in [0.25, 0.3) is 0 Å². The molecule has 0 amide bonds. The van der Waals surface area contributed by atoms with Gasteiger partial charge in [-0.2, -0.15) is 52.7 Å². The van der Waals surface area contributed by atoms with E-state index in [4.69, 9.17) is 18.9 Å². The van der Waals surface area contributed by atoms with E-state index in [1.807, 2.05) is 182 Å². The van der Waals surface area contributed by atoms with Crippen LogP contribution in [0.5, 0.6) is 0 Å². The third kappa shape index (κ3) is 18.4. The molecule has 2 N–H and O–H groups in total. The number of alkyl halides is 12. The van der Waals surface area contributed by atoms with Crippen LogP contribution >= 0.6 is 0 Å². The predicted octanol–water partition coefficient (Wildman–Crippen LogP) is 16.5. The molecule has 20 heteroatoms. The Morgan fingerprint density at radius 2 is 0.611 bits per heavy atom. The summed E-state index contributed by atoms with van der Waals surface area (Å²) in [5.41, 5.74) is -0.627. The molecule has 0 saturated carbocycles. The van der Waals surface area contributed by atoms with Crippen LogP contribution in [0, 0.1) is 11.8 Å². The van der Waals surface area contributed by atoms with Crippen molar-refractivity contribution in [2.45, 2.75) is 87.5 Å². The molecule has 2 heterocycles. The van der Waals surface area contributed by atoms with Crippen LogP contribution in [0.4, 0.5) is 52.7 Å². The first-order chi connectivity index (χ1) is 43.0. The first-order valence-electron chi connectivity index (χ1n) is 29.1. The highest BCUT2D eigenvalue weighted by molar-refractivity contribution is 5.37. The zero-order valence-electron chi connectivity index (χ0n) is 48.4. The van der Waals surface area contributed by atoms with Gasteiger partial charge in [-0.3, -0.25) is 9.80 Å². The Balaban J connectivity index is 0.000000213. The lowest BCUT2D eigenvalue weighted by Gasteiger charge is -2.31. The number of ether oxygens (including phenoxy) is 4. The van der Waals surface area contributed by atoms with Gasteiger partial charge in [0.05, 0.1) is 48.7 Å². The molecule has 8 aromatic carbocycles. The van der Waals surface area contributed by atoms with Crippen molar-refractivity contribution in [1.82, 2.24) is 9.80 Å². The second-order valence-electron chi connectivity index (χ2n) is 22.4. The zero-order chi connectivity index (χ0) is 64.1. The summed E-state index contributed by atoms with van der Waals surface area (Å²) in [6, 6.07) is 61.0. The molecule has 0 aromatic heterocycles. The fourth-order valence-corrected chi connectivity index (χ4v) is 11.6. The fourth-order valence-electron chi connectivity index (χ4n) is 11.6. The average molecular weight is 1260 g/mol. The summed E-state index contributed by atoms with van der Waals surface area (Å²) in [5, 5.41) is 20.3. The lowest BCUT2D eigenvalue weighted by atomic mass is 9.87.